The molecule has 18 heavy (non-hydrogen) atoms. The van der Waals surface area contributed by atoms with E-state index in [1.807, 2.05) is 0 Å². The van der Waals surface area contributed by atoms with E-state index in [0.717, 1.165) is 32.0 Å². The third kappa shape index (κ3) is 1.87. The first-order valence-electron chi connectivity index (χ1n) is 7.38. The molecule has 3 heterocycles. The van der Waals surface area contributed by atoms with Gasteiger partial charge in [0.1, 0.15) is 11.6 Å². The van der Waals surface area contributed by atoms with Crippen LogP contribution in [0.25, 0.3) is 0 Å². The Morgan fingerprint density at radius 2 is 2.33 bits per heavy atom. The van der Waals surface area contributed by atoms with Gasteiger partial charge in [-0.25, -0.2) is 0 Å². The van der Waals surface area contributed by atoms with Crippen LogP contribution in [-0.4, -0.2) is 27.9 Å². The number of nitrogens with one attached hydrogen (secondary N) is 1. The van der Waals surface area contributed by atoms with Crippen molar-refractivity contribution in [2.75, 3.05) is 13.1 Å². The van der Waals surface area contributed by atoms with E-state index in [0.29, 0.717) is 0 Å². The van der Waals surface area contributed by atoms with Gasteiger partial charge in [-0.3, -0.25) is 0 Å². The van der Waals surface area contributed by atoms with Crippen molar-refractivity contribution in [2.24, 2.45) is 5.92 Å². The summed E-state index contributed by atoms with van der Waals surface area (Å²) in [6, 6.07) is 0. The van der Waals surface area contributed by atoms with Crippen molar-refractivity contribution >= 4 is 0 Å². The van der Waals surface area contributed by atoms with Gasteiger partial charge < -0.3 is 9.88 Å². The Morgan fingerprint density at radius 1 is 1.44 bits per heavy atom. The first-order valence-corrected chi connectivity index (χ1v) is 7.38. The average molecular weight is 248 g/mol. The highest BCUT2D eigenvalue weighted by molar-refractivity contribution is 5.16. The van der Waals surface area contributed by atoms with Crippen LogP contribution in [0.1, 0.15) is 51.2 Å². The lowest BCUT2D eigenvalue weighted by Crippen LogP contribution is -2.34. The molecule has 1 N–H and O–H groups in total. The number of nitrogens with zero attached hydrogens (tertiary/aromatic N) is 3. The molecular formula is C14H24N4. The zero-order chi connectivity index (χ0) is 12.6. The summed E-state index contributed by atoms with van der Waals surface area (Å²) in [5.41, 5.74) is 0.251. The van der Waals surface area contributed by atoms with Crippen molar-refractivity contribution in [3.05, 3.63) is 11.6 Å². The maximum Gasteiger partial charge on any atom is 0.140 e. The number of hydrogen-bond acceptors (Lipinski definition) is 3. The predicted octanol–water partition coefficient (Wildman–Crippen LogP) is 1.89. The molecule has 2 atom stereocenters. The Balaban J connectivity index is 1.96. The topological polar surface area (TPSA) is 42.7 Å². The highest BCUT2D eigenvalue weighted by Crippen LogP contribution is 2.36. The number of hydrogen-bond donors (Lipinski definition) is 1. The van der Waals surface area contributed by atoms with Crippen LogP contribution in [0.5, 0.6) is 0 Å². The minimum Gasteiger partial charge on any atom is -0.316 e. The van der Waals surface area contributed by atoms with Crippen LogP contribution in [0, 0.1) is 5.92 Å². The standard InChI is InChI=1S/C14H24N4/c1-3-5-14(6-7-15-10-14)13-17-16-12-9-11(2)4-8-18(12)13/h11,15H,3-10H2,1-2H3. The second-order valence-electron chi connectivity index (χ2n) is 6.15. The zero-order valence-electron chi connectivity index (χ0n) is 11.6. The minimum atomic E-state index is 0.251. The summed E-state index contributed by atoms with van der Waals surface area (Å²) >= 11 is 0. The van der Waals surface area contributed by atoms with Crippen LogP contribution < -0.4 is 5.32 Å². The Labute approximate surface area is 109 Å². The van der Waals surface area contributed by atoms with E-state index in [1.54, 1.807) is 0 Å². The molecule has 100 valence electrons. The molecule has 4 heteroatoms. The molecule has 0 saturated carbocycles. The molecule has 1 fully saturated rings. The van der Waals surface area contributed by atoms with E-state index in [-0.39, 0.29) is 5.41 Å². The molecule has 1 aromatic rings. The van der Waals surface area contributed by atoms with E-state index in [9.17, 15) is 0 Å². The first-order chi connectivity index (χ1) is 8.75. The van der Waals surface area contributed by atoms with Crippen molar-refractivity contribution in [3.63, 3.8) is 0 Å². The largest absolute Gasteiger partial charge is 0.316 e. The van der Waals surface area contributed by atoms with Crippen LogP contribution >= 0.6 is 0 Å². The number of aromatic nitrogens is 3. The number of fused-ring (bicyclic) bond motifs is 1. The fraction of sp³-hybridized carbons (Fsp3) is 0.857. The summed E-state index contributed by atoms with van der Waals surface area (Å²) in [6.07, 6.45) is 6.04. The van der Waals surface area contributed by atoms with Crippen molar-refractivity contribution < 1.29 is 0 Å². The molecule has 0 aromatic carbocycles. The Bertz CT molecular complexity index is 417. The molecule has 0 radical (unpaired) electrons. The van der Waals surface area contributed by atoms with E-state index < -0.39 is 0 Å². The molecule has 4 nitrogen and oxygen atoms in total. The SMILES string of the molecule is CCCC1(c2nnc3n2CCC(C)C3)CCNC1. The van der Waals surface area contributed by atoms with Gasteiger partial charge in [-0.05, 0) is 31.7 Å². The van der Waals surface area contributed by atoms with Gasteiger partial charge in [0.15, 0.2) is 0 Å². The second-order valence-corrected chi connectivity index (χ2v) is 6.15. The van der Waals surface area contributed by atoms with Crippen LogP contribution in [0.3, 0.4) is 0 Å². The molecule has 2 aliphatic rings. The van der Waals surface area contributed by atoms with E-state index in [2.05, 4.69) is 33.9 Å². The van der Waals surface area contributed by atoms with E-state index >= 15 is 0 Å². The molecule has 3 rings (SSSR count). The van der Waals surface area contributed by atoms with E-state index in [4.69, 9.17) is 0 Å². The van der Waals surface area contributed by atoms with Gasteiger partial charge in [0, 0.05) is 24.9 Å². The van der Waals surface area contributed by atoms with Crippen LogP contribution in [0.2, 0.25) is 0 Å². The van der Waals surface area contributed by atoms with Gasteiger partial charge in [0.2, 0.25) is 0 Å². The lowest BCUT2D eigenvalue weighted by atomic mass is 9.81. The Kier molecular flexibility index (Phi) is 3.14. The third-order valence-corrected chi connectivity index (χ3v) is 4.65. The molecule has 0 amide bonds. The van der Waals surface area contributed by atoms with Crippen LogP contribution in [0.4, 0.5) is 0 Å². The summed E-state index contributed by atoms with van der Waals surface area (Å²) in [4.78, 5) is 0. The maximum atomic E-state index is 4.58. The molecule has 0 bridgehead atoms. The van der Waals surface area contributed by atoms with Gasteiger partial charge >= 0.3 is 0 Å². The Hall–Kier alpha value is -0.900. The second kappa shape index (κ2) is 4.65. The van der Waals surface area contributed by atoms with Crippen LogP contribution in [0.15, 0.2) is 0 Å². The highest BCUT2D eigenvalue weighted by atomic mass is 15.3. The predicted molar refractivity (Wildman–Crippen MR) is 71.6 cm³/mol. The minimum absolute atomic E-state index is 0.251. The third-order valence-electron chi connectivity index (χ3n) is 4.65. The smallest absolute Gasteiger partial charge is 0.140 e. The normalized spacial score (nSPS) is 31.6. The van der Waals surface area contributed by atoms with Gasteiger partial charge in [-0.1, -0.05) is 20.3 Å². The summed E-state index contributed by atoms with van der Waals surface area (Å²) in [7, 11) is 0. The van der Waals surface area contributed by atoms with Gasteiger partial charge in [-0.2, -0.15) is 0 Å². The summed E-state index contributed by atoms with van der Waals surface area (Å²) < 4.78 is 2.42. The van der Waals surface area contributed by atoms with Crippen molar-refractivity contribution in [2.45, 2.75) is 57.9 Å². The van der Waals surface area contributed by atoms with Crippen molar-refractivity contribution in [3.8, 4) is 0 Å². The summed E-state index contributed by atoms with van der Waals surface area (Å²) in [5, 5.41) is 12.6. The first kappa shape index (κ1) is 12.2. The van der Waals surface area contributed by atoms with Gasteiger partial charge in [0.25, 0.3) is 0 Å². The molecule has 0 aliphatic carbocycles. The lowest BCUT2D eigenvalue weighted by molar-refractivity contribution is 0.348. The molecule has 1 aromatic heterocycles. The average Bonchev–Trinajstić information content (AvgIpc) is 2.96. The fourth-order valence-corrected chi connectivity index (χ4v) is 3.62. The lowest BCUT2D eigenvalue weighted by Gasteiger charge is -2.29. The quantitative estimate of drug-likeness (QED) is 0.888. The monoisotopic (exact) mass is 248 g/mol. The molecule has 1 saturated heterocycles. The molecule has 0 spiro atoms. The zero-order valence-corrected chi connectivity index (χ0v) is 11.6. The van der Waals surface area contributed by atoms with Gasteiger partial charge in [-0.15, -0.1) is 10.2 Å². The molecular weight excluding hydrogens is 224 g/mol. The maximum absolute atomic E-state index is 4.58. The highest BCUT2D eigenvalue weighted by Gasteiger charge is 2.40. The summed E-state index contributed by atoms with van der Waals surface area (Å²) in [6.45, 7) is 7.91. The number of rotatable bonds is 3. The van der Waals surface area contributed by atoms with Gasteiger partial charge in [0.05, 0.1) is 0 Å². The molecule has 2 aliphatic heterocycles. The van der Waals surface area contributed by atoms with Crippen molar-refractivity contribution in [1.29, 1.82) is 0 Å². The van der Waals surface area contributed by atoms with Crippen LogP contribution in [-0.2, 0) is 18.4 Å². The van der Waals surface area contributed by atoms with Crippen molar-refractivity contribution in [1.82, 2.24) is 20.1 Å². The summed E-state index contributed by atoms with van der Waals surface area (Å²) in [5.74, 6) is 3.24. The molecule has 2 unspecified atom stereocenters. The fourth-order valence-electron chi connectivity index (χ4n) is 3.62. The van der Waals surface area contributed by atoms with E-state index in [1.165, 1.54) is 37.3 Å². The Morgan fingerprint density at radius 3 is 3.06 bits per heavy atom.